The van der Waals surface area contributed by atoms with Crippen LogP contribution in [0.15, 0.2) is 133 Å². The van der Waals surface area contributed by atoms with Crippen molar-refractivity contribution in [3.63, 3.8) is 0 Å². The molecule has 0 saturated heterocycles. The first-order chi connectivity index (χ1) is 15.4. The van der Waals surface area contributed by atoms with Crippen LogP contribution in [0.3, 0.4) is 0 Å². The Hall–Kier alpha value is -3.47. The normalized spacial score (nSPS) is 13.4. The lowest BCUT2D eigenvalue weighted by molar-refractivity contribution is 1.61. The van der Waals surface area contributed by atoms with Gasteiger partial charge in [-0.05, 0) is 70.8 Å². The van der Waals surface area contributed by atoms with Gasteiger partial charge < -0.3 is 0 Å². The van der Waals surface area contributed by atoms with E-state index in [1.165, 1.54) is 43.5 Å². The van der Waals surface area contributed by atoms with Gasteiger partial charge in [-0.2, -0.15) is 0 Å². The molecular weight excluding hydrogens is 391 g/mol. The van der Waals surface area contributed by atoms with Gasteiger partial charge in [0.05, 0.1) is 0 Å². The maximum Gasteiger partial charge on any atom is 0.144 e. The molecule has 10 rings (SSSR count). The highest BCUT2D eigenvalue weighted by atomic mass is 31.2. The molecule has 0 radical (unpaired) electrons. The predicted molar refractivity (Wildman–Crippen MR) is 136 cm³/mol. The average Bonchev–Trinajstić information content (AvgIpc) is 2.90. The SMILES string of the molecule is c1ccc([P+]2(c3ccccc3)c3ccc(cc3)-c3ccc(cc3)-c3ccc2cc3)cc1. The summed E-state index contributed by atoms with van der Waals surface area (Å²) in [6.07, 6.45) is 0. The van der Waals surface area contributed by atoms with Crippen molar-refractivity contribution < 1.29 is 0 Å². The van der Waals surface area contributed by atoms with Crippen LogP contribution in [0.2, 0.25) is 0 Å². The Balaban J connectivity index is 1.76. The third-order valence-electron chi connectivity index (χ3n) is 6.35. The van der Waals surface area contributed by atoms with Crippen molar-refractivity contribution in [1.29, 1.82) is 0 Å². The first-order valence-electron chi connectivity index (χ1n) is 10.7. The first-order valence-corrected chi connectivity index (χ1v) is 12.5. The minimum atomic E-state index is -2.02. The van der Waals surface area contributed by atoms with Crippen molar-refractivity contribution in [3.05, 3.63) is 133 Å². The molecule has 0 atom stereocenters. The number of fused-ring (bicyclic) bond motifs is 1. The summed E-state index contributed by atoms with van der Waals surface area (Å²) in [5.41, 5.74) is 5.04. The minimum absolute atomic E-state index is 1.26. The Labute approximate surface area is 184 Å². The molecule has 5 heterocycles. The summed E-state index contributed by atoms with van der Waals surface area (Å²) in [5, 5.41) is 5.54. The molecule has 5 aliphatic rings. The standard InChI is InChI=1S/C30H22P/c1-3-7-27(8-4-1)31(28-9-5-2-6-10-28)29-19-15-25(16-20-29)23-11-12-24(14-13-23)26-17-21-30(31)22-18-26/h1-22H/q+1. The van der Waals surface area contributed by atoms with E-state index in [2.05, 4.69) is 133 Å². The molecule has 6 bridgehead atoms. The molecule has 146 valence electrons. The second-order valence-corrected chi connectivity index (χ2v) is 11.4. The Morgan fingerprint density at radius 2 is 0.516 bits per heavy atom. The van der Waals surface area contributed by atoms with Crippen LogP contribution in [0.25, 0.3) is 22.3 Å². The lowest BCUT2D eigenvalue weighted by atomic mass is 10.0. The molecule has 31 heavy (non-hydrogen) atoms. The van der Waals surface area contributed by atoms with E-state index < -0.39 is 7.26 Å². The van der Waals surface area contributed by atoms with Crippen molar-refractivity contribution in [2.75, 3.05) is 0 Å². The molecule has 5 aromatic carbocycles. The molecule has 0 N–H and O–H groups in total. The quantitative estimate of drug-likeness (QED) is 0.308. The van der Waals surface area contributed by atoms with Gasteiger partial charge in [-0.15, -0.1) is 0 Å². The van der Waals surface area contributed by atoms with E-state index in [1.807, 2.05) is 0 Å². The Morgan fingerprint density at radius 1 is 0.258 bits per heavy atom. The third-order valence-corrected chi connectivity index (χ3v) is 10.6. The van der Waals surface area contributed by atoms with Crippen LogP contribution in [0.1, 0.15) is 0 Å². The molecule has 5 aromatic rings. The second kappa shape index (κ2) is 7.34. The summed E-state index contributed by atoms with van der Waals surface area (Å²) in [4.78, 5) is 0. The molecule has 0 nitrogen and oxygen atoms in total. The van der Waals surface area contributed by atoms with E-state index in [0.717, 1.165) is 0 Å². The van der Waals surface area contributed by atoms with E-state index in [4.69, 9.17) is 0 Å². The second-order valence-electron chi connectivity index (χ2n) is 8.01. The van der Waals surface area contributed by atoms with E-state index in [0.29, 0.717) is 0 Å². The van der Waals surface area contributed by atoms with Crippen molar-refractivity contribution >= 4 is 28.5 Å². The smallest absolute Gasteiger partial charge is 0.0620 e. The summed E-state index contributed by atoms with van der Waals surface area (Å²) in [5.74, 6) is 0. The molecule has 0 unspecified atom stereocenters. The van der Waals surface area contributed by atoms with E-state index in [9.17, 15) is 0 Å². The molecule has 0 fully saturated rings. The van der Waals surface area contributed by atoms with Gasteiger partial charge >= 0.3 is 0 Å². The van der Waals surface area contributed by atoms with E-state index in [-0.39, 0.29) is 0 Å². The Morgan fingerprint density at radius 3 is 0.839 bits per heavy atom. The number of hydrogen-bond donors (Lipinski definition) is 0. The van der Waals surface area contributed by atoms with E-state index >= 15 is 0 Å². The first kappa shape index (κ1) is 18.3. The van der Waals surface area contributed by atoms with Crippen molar-refractivity contribution in [3.8, 4) is 22.3 Å². The summed E-state index contributed by atoms with van der Waals surface area (Å²) >= 11 is 0. The van der Waals surface area contributed by atoms with Crippen molar-refractivity contribution in [2.45, 2.75) is 0 Å². The average molecular weight is 413 g/mol. The van der Waals surface area contributed by atoms with Gasteiger partial charge in [0.25, 0.3) is 0 Å². The lowest BCUT2D eigenvalue weighted by Gasteiger charge is -2.27. The fourth-order valence-electron chi connectivity index (χ4n) is 4.81. The predicted octanol–water partition coefficient (Wildman–Crippen LogP) is 5.95. The molecule has 0 aliphatic carbocycles. The largest absolute Gasteiger partial charge is 0.144 e. The molecule has 1 heteroatoms. The summed E-state index contributed by atoms with van der Waals surface area (Å²) < 4.78 is 0. The van der Waals surface area contributed by atoms with Gasteiger partial charge in [-0.25, -0.2) is 0 Å². The summed E-state index contributed by atoms with van der Waals surface area (Å²) in [6, 6.07) is 49.6. The number of benzene rings is 5. The fourth-order valence-corrected chi connectivity index (χ4v) is 9.03. The zero-order chi connectivity index (χ0) is 20.7. The fraction of sp³-hybridized carbons (Fsp3) is 0. The number of rotatable bonds is 2. The van der Waals surface area contributed by atoms with Gasteiger partial charge in [0, 0.05) is 0 Å². The Bertz CT molecular complexity index is 1210. The highest BCUT2D eigenvalue weighted by molar-refractivity contribution is 8.01. The molecule has 0 saturated carbocycles. The van der Waals surface area contributed by atoms with Crippen LogP contribution in [0.5, 0.6) is 0 Å². The zero-order valence-corrected chi connectivity index (χ0v) is 18.0. The van der Waals surface area contributed by atoms with Gasteiger partial charge in [0.1, 0.15) is 28.5 Å². The zero-order valence-electron chi connectivity index (χ0n) is 17.1. The topological polar surface area (TPSA) is 0 Å². The summed E-state index contributed by atoms with van der Waals surface area (Å²) in [6.45, 7) is 0. The molecule has 0 aromatic heterocycles. The summed E-state index contributed by atoms with van der Waals surface area (Å²) in [7, 11) is -2.02. The van der Waals surface area contributed by atoms with Crippen molar-refractivity contribution in [2.24, 2.45) is 0 Å². The van der Waals surface area contributed by atoms with Crippen molar-refractivity contribution in [1.82, 2.24) is 0 Å². The molecular formula is C30H22P+. The van der Waals surface area contributed by atoms with Crippen LogP contribution in [0, 0.1) is 0 Å². The molecule has 0 amide bonds. The van der Waals surface area contributed by atoms with Crippen LogP contribution in [-0.2, 0) is 0 Å². The van der Waals surface area contributed by atoms with Crippen LogP contribution < -0.4 is 21.2 Å². The van der Waals surface area contributed by atoms with Crippen LogP contribution in [0.4, 0.5) is 0 Å². The maximum absolute atomic E-state index is 2.35. The monoisotopic (exact) mass is 413 g/mol. The third kappa shape index (κ3) is 2.87. The van der Waals surface area contributed by atoms with E-state index in [1.54, 1.807) is 0 Å². The lowest BCUT2D eigenvalue weighted by Crippen LogP contribution is -2.38. The van der Waals surface area contributed by atoms with Crippen LogP contribution in [-0.4, -0.2) is 0 Å². The van der Waals surface area contributed by atoms with Crippen LogP contribution >= 0.6 is 7.26 Å². The maximum atomic E-state index is 2.35. The van der Waals surface area contributed by atoms with Gasteiger partial charge in [0.15, 0.2) is 0 Å². The number of hydrogen-bond acceptors (Lipinski definition) is 0. The minimum Gasteiger partial charge on any atom is -0.0620 e. The molecule has 5 aliphatic heterocycles. The highest BCUT2D eigenvalue weighted by Crippen LogP contribution is 2.54. The van der Waals surface area contributed by atoms with Gasteiger partial charge in [-0.3, -0.25) is 0 Å². The molecule has 0 spiro atoms. The van der Waals surface area contributed by atoms with Gasteiger partial charge in [-0.1, -0.05) is 84.9 Å². The highest BCUT2D eigenvalue weighted by Gasteiger charge is 2.47. The Kier molecular flexibility index (Phi) is 4.34. The van der Waals surface area contributed by atoms with Gasteiger partial charge in [0.2, 0.25) is 0 Å².